The molecule has 3 aromatic rings. The largest absolute Gasteiger partial charge is 0.214 e. The van der Waals surface area contributed by atoms with E-state index in [-0.39, 0.29) is 0 Å². The number of aryl methyl sites for hydroxylation is 1. The average Bonchev–Trinajstić information content (AvgIpc) is 2.98. The van der Waals surface area contributed by atoms with E-state index in [0.717, 1.165) is 27.0 Å². The van der Waals surface area contributed by atoms with E-state index in [9.17, 15) is 0 Å². The third-order valence-electron chi connectivity index (χ3n) is 2.30. The molecule has 0 fully saturated rings. The normalized spacial score (nSPS) is 10.6. The first-order chi connectivity index (χ1) is 8.34. The van der Waals surface area contributed by atoms with Gasteiger partial charge in [-0.15, -0.1) is 5.10 Å². The zero-order valence-corrected chi connectivity index (χ0v) is 10.6. The van der Waals surface area contributed by atoms with E-state index in [4.69, 9.17) is 0 Å². The molecule has 84 valence electrons. The molecule has 2 heterocycles. The minimum Gasteiger partial charge on any atom is -0.214 e. The van der Waals surface area contributed by atoms with Gasteiger partial charge >= 0.3 is 0 Å². The second-order valence-electron chi connectivity index (χ2n) is 3.48. The van der Waals surface area contributed by atoms with Gasteiger partial charge in [0, 0.05) is 5.56 Å². The fourth-order valence-corrected chi connectivity index (χ4v) is 2.77. The van der Waals surface area contributed by atoms with Crippen LogP contribution in [0.15, 0.2) is 30.3 Å². The van der Waals surface area contributed by atoms with Crippen LogP contribution in [0, 0.1) is 6.92 Å². The summed E-state index contributed by atoms with van der Waals surface area (Å²) >= 11 is 2.73. The average molecular weight is 260 g/mol. The second-order valence-corrected chi connectivity index (χ2v) is 4.98. The molecular formula is C11H8N4S2. The Morgan fingerprint density at radius 2 is 1.88 bits per heavy atom. The number of aromatic nitrogens is 4. The van der Waals surface area contributed by atoms with Crippen LogP contribution in [0.3, 0.4) is 0 Å². The highest BCUT2D eigenvalue weighted by atomic mass is 32.1. The molecule has 0 radical (unpaired) electrons. The zero-order chi connectivity index (χ0) is 11.7. The van der Waals surface area contributed by atoms with Gasteiger partial charge in [-0.05, 0) is 30.0 Å². The number of rotatable bonds is 2. The van der Waals surface area contributed by atoms with Crippen LogP contribution in [-0.2, 0) is 0 Å². The van der Waals surface area contributed by atoms with E-state index in [1.54, 1.807) is 0 Å². The molecule has 0 aliphatic rings. The van der Waals surface area contributed by atoms with E-state index in [0.29, 0.717) is 0 Å². The monoisotopic (exact) mass is 260 g/mol. The van der Waals surface area contributed by atoms with Crippen molar-refractivity contribution in [3.63, 3.8) is 0 Å². The Bertz CT molecular complexity index is 630. The molecule has 0 saturated heterocycles. The number of hydrogen-bond acceptors (Lipinski definition) is 6. The lowest BCUT2D eigenvalue weighted by Gasteiger charge is -1.92. The van der Waals surface area contributed by atoms with Crippen molar-refractivity contribution in [3.05, 3.63) is 36.0 Å². The molecule has 0 spiro atoms. The van der Waals surface area contributed by atoms with Gasteiger partial charge in [0.25, 0.3) is 0 Å². The summed E-state index contributed by atoms with van der Waals surface area (Å²) in [6.45, 7) is 1.92. The third kappa shape index (κ3) is 1.96. The Balaban J connectivity index is 2.02. The quantitative estimate of drug-likeness (QED) is 0.710. The lowest BCUT2D eigenvalue weighted by atomic mass is 10.2. The molecule has 1 aromatic carbocycles. The van der Waals surface area contributed by atoms with Crippen LogP contribution < -0.4 is 0 Å². The van der Waals surface area contributed by atoms with Crippen LogP contribution in [0.4, 0.5) is 0 Å². The second kappa shape index (κ2) is 4.31. The molecule has 0 atom stereocenters. The third-order valence-corrected chi connectivity index (χ3v) is 3.89. The maximum absolute atomic E-state index is 4.52. The van der Waals surface area contributed by atoms with E-state index in [1.807, 2.05) is 37.3 Å². The summed E-state index contributed by atoms with van der Waals surface area (Å²) < 4.78 is 8.25. The molecule has 2 aromatic heterocycles. The molecule has 6 heteroatoms. The van der Waals surface area contributed by atoms with Crippen LogP contribution in [-0.4, -0.2) is 18.9 Å². The lowest BCUT2D eigenvalue weighted by Crippen LogP contribution is -1.81. The van der Waals surface area contributed by atoms with Crippen LogP contribution in [0.25, 0.3) is 21.3 Å². The van der Waals surface area contributed by atoms with Gasteiger partial charge in [-0.3, -0.25) is 0 Å². The molecule has 0 saturated carbocycles. The van der Waals surface area contributed by atoms with Crippen molar-refractivity contribution >= 4 is 23.1 Å². The standard InChI is InChI=1S/C11H8N4S2/c1-7-9(16-15-13-7)10-12-11(17-14-10)8-5-3-2-4-6-8/h2-6H,1H3. The molecule has 0 aliphatic carbocycles. The summed E-state index contributed by atoms with van der Waals surface area (Å²) in [5.74, 6) is 0.723. The highest BCUT2D eigenvalue weighted by Crippen LogP contribution is 2.28. The predicted octanol–water partition coefficient (Wildman–Crippen LogP) is 3.03. The lowest BCUT2D eigenvalue weighted by molar-refractivity contribution is 1.09. The minimum atomic E-state index is 0.723. The highest BCUT2D eigenvalue weighted by molar-refractivity contribution is 7.11. The SMILES string of the molecule is Cc1nnsc1-c1nsc(-c2ccccc2)n1. The summed E-state index contributed by atoms with van der Waals surface area (Å²) in [4.78, 5) is 5.47. The van der Waals surface area contributed by atoms with Crippen LogP contribution >= 0.6 is 23.1 Å². The van der Waals surface area contributed by atoms with Crippen LogP contribution in [0.2, 0.25) is 0 Å². The molecule has 3 rings (SSSR count). The molecule has 0 N–H and O–H groups in total. The molecular weight excluding hydrogens is 252 g/mol. The van der Waals surface area contributed by atoms with E-state index < -0.39 is 0 Å². The first-order valence-electron chi connectivity index (χ1n) is 5.03. The first kappa shape index (κ1) is 10.5. The van der Waals surface area contributed by atoms with Crippen LogP contribution in [0.5, 0.6) is 0 Å². The van der Waals surface area contributed by atoms with Crippen molar-refractivity contribution < 1.29 is 0 Å². The fraction of sp³-hybridized carbons (Fsp3) is 0.0909. The van der Waals surface area contributed by atoms with E-state index in [1.165, 1.54) is 23.1 Å². The van der Waals surface area contributed by atoms with E-state index in [2.05, 4.69) is 18.9 Å². The molecule has 4 nitrogen and oxygen atoms in total. The number of hydrogen-bond donors (Lipinski definition) is 0. The predicted molar refractivity (Wildman–Crippen MR) is 69.0 cm³/mol. The highest BCUT2D eigenvalue weighted by Gasteiger charge is 2.13. The fourth-order valence-electron chi connectivity index (χ4n) is 1.45. The summed E-state index contributed by atoms with van der Waals surface area (Å²) in [5, 5.41) is 4.89. The van der Waals surface area contributed by atoms with Gasteiger partial charge in [0.1, 0.15) is 9.88 Å². The van der Waals surface area contributed by atoms with Gasteiger partial charge in [0.2, 0.25) is 0 Å². The molecule has 0 unspecified atom stereocenters. The van der Waals surface area contributed by atoms with Gasteiger partial charge in [-0.1, -0.05) is 34.8 Å². The minimum absolute atomic E-state index is 0.723. The molecule has 0 aliphatic heterocycles. The van der Waals surface area contributed by atoms with Crippen molar-refractivity contribution in [1.82, 2.24) is 18.9 Å². The zero-order valence-electron chi connectivity index (χ0n) is 8.99. The van der Waals surface area contributed by atoms with Crippen molar-refractivity contribution in [2.24, 2.45) is 0 Å². The summed E-state index contributed by atoms with van der Waals surface area (Å²) in [6.07, 6.45) is 0. The van der Waals surface area contributed by atoms with E-state index >= 15 is 0 Å². The topological polar surface area (TPSA) is 51.6 Å². The maximum atomic E-state index is 4.52. The van der Waals surface area contributed by atoms with Gasteiger partial charge in [0.05, 0.1) is 5.69 Å². The molecule has 0 bridgehead atoms. The Morgan fingerprint density at radius 1 is 1.06 bits per heavy atom. The van der Waals surface area contributed by atoms with Crippen LogP contribution in [0.1, 0.15) is 5.69 Å². The Labute approximate surface area is 106 Å². The molecule has 0 amide bonds. The Morgan fingerprint density at radius 3 is 2.59 bits per heavy atom. The number of nitrogens with zero attached hydrogens (tertiary/aromatic N) is 4. The van der Waals surface area contributed by atoms with Gasteiger partial charge < -0.3 is 0 Å². The smallest absolute Gasteiger partial charge is 0.187 e. The number of benzene rings is 1. The maximum Gasteiger partial charge on any atom is 0.187 e. The molecule has 17 heavy (non-hydrogen) atoms. The Hall–Kier alpha value is -1.66. The summed E-state index contributed by atoms with van der Waals surface area (Å²) in [5.41, 5.74) is 1.97. The summed E-state index contributed by atoms with van der Waals surface area (Å²) in [6, 6.07) is 10.0. The summed E-state index contributed by atoms with van der Waals surface area (Å²) in [7, 11) is 0. The first-order valence-corrected chi connectivity index (χ1v) is 6.58. The van der Waals surface area contributed by atoms with Gasteiger partial charge in [-0.2, -0.15) is 4.37 Å². The Kier molecular flexibility index (Phi) is 2.66. The van der Waals surface area contributed by atoms with Gasteiger partial charge in [0.15, 0.2) is 5.82 Å². The van der Waals surface area contributed by atoms with Crippen molar-refractivity contribution in [3.8, 4) is 21.3 Å². The van der Waals surface area contributed by atoms with Crippen molar-refractivity contribution in [2.45, 2.75) is 6.92 Å². The van der Waals surface area contributed by atoms with Gasteiger partial charge in [-0.25, -0.2) is 4.98 Å². The van der Waals surface area contributed by atoms with Crippen molar-refractivity contribution in [2.75, 3.05) is 0 Å². The van der Waals surface area contributed by atoms with Crippen molar-refractivity contribution in [1.29, 1.82) is 0 Å².